The standard InChI is InChI=1S/C16H13NO2/c18-15-16(11-5-1-3-7-13(11)17-15)9-10-19-14-8-4-2-6-12(14)16/h1-8H,9-10H2,(H,17,18). The van der Waals surface area contributed by atoms with Crippen molar-refractivity contribution in [1.29, 1.82) is 0 Å². The number of ether oxygens (including phenoxy) is 1. The zero-order chi connectivity index (χ0) is 12.9. The maximum Gasteiger partial charge on any atom is 0.239 e. The van der Waals surface area contributed by atoms with Gasteiger partial charge in [0.05, 0.1) is 6.61 Å². The molecule has 0 aliphatic carbocycles. The Morgan fingerprint density at radius 3 is 2.63 bits per heavy atom. The number of amides is 1. The van der Waals surface area contributed by atoms with Gasteiger partial charge in [0, 0.05) is 17.7 Å². The van der Waals surface area contributed by atoms with Gasteiger partial charge in [0.15, 0.2) is 0 Å². The molecule has 0 aromatic heterocycles. The first kappa shape index (κ1) is 10.6. The van der Waals surface area contributed by atoms with E-state index in [0.29, 0.717) is 13.0 Å². The Morgan fingerprint density at radius 1 is 1.00 bits per heavy atom. The van der Waals surface area contributed by atoms with E-state index in [1.54, 1.807) is 0 Å². The van der Waals surface area contributed by atoms with Crippen LogP contribution in [0, 0.1) is 0 Å². The van der Waals surface area contributed by atoms with E-state index in [-0.39, 0.29) is 5.91 Å². The van der Waals surface area contributed by atoms with Crippen LogP contribution in [0.15, 0.2) is 48.5 Å². The Balaban J connectivity index is 2.04. The summed E-state index contributed by atoms with van der Waals surface area (Å²) in [6.07, 6.45) is 0.687. The number of para-hydroxylation sites is 2. The number of nitrogens with one attached hydrogen (secondary N) is 1. The molecule has 0 saturated carbocycles. The normalized spacial score (nSPS) is 23.5. The molecule has 1 unspecified atom stereocenters. The Labute approximate surface area is 111 Å². The lowest BCUT2D eigenvalue weighted by molar-refractivity contribution is -0.120. The molecule has 2 aromatic rings. The zero-order valence-corrected chi connectivity index (χ0v) is 10.3. The molecular weight excluding hydrogens is 238 g/mol. The minimum Gasteiger partial charge on any atom is -0.493 e. The van der Waals surface area contributed by atoms with Crippen molar-refractivity contribution in [2.45, 2.75) is 11.8 Å². The van der Waals surface area contributed by atoms with E-state index < -0.39 is 5.41 Å². The second kappa shape index (κ2) is 3.60. The van der Waals surface area contributed by atoms with E-state index in [2.05, 4.69) is 5.32 Å². The van der Waals surface area contributed by atoms with Crippen molar-refractivity contribution in [2.24, 2.45) is 0 Å². The first-order valence-corrected chi connectivity index (χ1v) is 6.46. The van der Waals surface area contributed by atoms with Gasteiger partial charge in [-0.05, 0) is 17.7 Å². The van der Waals surface area contributed by atoms with Crippen LogP contribution in [0.2, 0.25) is 0 Å². The summed E-state index contributed by atoms with van der Waals surface area (Å²) in [5.41, 5.74) is 2.38. The van der Waals surface area contributed by atoms with Gasteiger partial charge < -0.3 is 10.1 Å². The van der Waals surface area contributed by atoms with Crippen LogP contribution in [0.1, 0.15) is 17.5 Å². The van der Waals surface area contributed by atoms with Crippen LogP contribution in [-0.2, 0) is 10.2 Å². The Hall–Kier alpha value is -2.29. The number of fused-ring (bicyclic) bond motifs is 4. The molecular formula is C16H13NO2. The number of hydrogen-bond acceptors (Lipinski definition) is 2. The summed E-state index contributed by atoms with van der Waals surface area (Å²) in [6, 6.07) is 15.8. The lowest BCUT2D eigenvalue weighted by atomic mass is 9.71. The highest BCUT2D eigenvalue weighted by Crippen LogP contribution is 2.49. The first-order valence-electron chi connectivity index (χ1n) is 6.46. The van der Waals surface area contributed by atoms with Crippen LogP contribution < -0.4 is 10.1 Å². The number of rotatable bonds is 0. The molecule has 19 heavy (non-hydrogen) atoms. The summed E-state index contributed by atoms with van der Waals surface area (Å²) in [5, 5.41) is 3.00. The number of anilines is 1. The van der Waals surface area contributed by atoms with Crippen LogP contribution >= 0.6 is 0 Å². The zero-order valence-electron chi connectivity index (χ0n) is 10.3. The number of carbonyl (C=O) groups is 1. The average molecular weight is 251 g/mol. The van der Waals surface area contributed by atoms with E-state index in [1.165, 1.54) is 0 Å². The maximum absolute atomic E-state index is 12.6. The number of carbonyl (C=O) groups excluding carboxylic acids is 1. The van der Waals surface area contributed by atoms with E-state index >= 15 is 0 Å². The molecule has 0 fully saturated rings. The maximum atomic E-state index is 12.6. The highest BCUT2D eigenvalue weighted by Gasteiger charge is 2.50. The molecule has 1 atom stereocenters. The van der Waals surface area contributed by atoms with Crippen molar-refractivity contribution in [2.75, 3.05) is 11.9 Å². The fourth-order valence-electron chi connectivity index (χ4n) is 3.23. The van der Waals surface area contributed by atoms with Crippen LogP contribution in [0.5, 0.6) is 5.75 Å². The molecule has 1 N–H and O–H groups in total. The van der Waals surface area contributed by atoms with Gasteiger partial charge in [-0.25, -0.2) is 0 Å². The van der Waals surface area contributed by atoms with Gasteiger partial charge in [-0.1, -0.05) is 36.4 Å². The van der Waals surface area contributed by atoms with Crippen LogP contribution in [0.25, 0.3) is 0 Å². The second-order valence-corrected chi connectivity index (χ2v) is 5.00. The third-order valence-corrected chi connectivity index (χ3v) is 4.10. The van der Waals surface area contributed by atoms with Gasteiger partial charge in [-0.15, -0.1) is 0 Å². The lowest BCUT2D eigenvalue weighted by Crippen LogP contribution is -2.40. The summed E-state index contributed by atoms with van der Waals surface area (Å²) in [5.74, 6) is 0.880. The van der Waals surface area contributed by atoms with E-state index in [9.17, 15) is 4.79 Å². The number of hydrogen-bond donors (Lipinski definition) is 1. The summed E-state index contributed by atoms with van der Waals surface area (Å²) >= 11 is 0. The van der Waals surface area contributed by atoms with E-state index in [4.69, 9.17) is 4.74 Å². The van der Waals surface area contributed by atoms with Crippen LogP contribution in [0.4, 0.5) is 5.69 Å². The molecule has 0 radical (unpaired) electrons. The summed E-state index contributed by atoms with van der Waals surface area (Å²) < 4.78 is 5.69. The van der Waals surface area contributed by atoms with Gasteiger partial charge in [-0.2, -0.15) is 0 Å². The second-order valence-electron chi connectivity index (χ2n) is 5.00. The van der Waals surface area contributed by atoms with Crippen molar-refractivity contribution in [3.63, 3.8) is 0 Å². The predicted molar refractivity (Wildman–Crippen MR) is 72.4 cm³/mol. The van der Waals surface area contributed by atoms with Gasteiger partial charge in [0.1, 0.15) is 11.2 Å². The highest BCUT2D eigenvalue weighted by atomic mass is 16.5. The third kappa shape index (κ3) is 1.24. The van der Waals surface area contributed by atoms with Crippen molar-refractivity contribution < 1.29 is 9.53 Å². The van der Waals surface area contributed by atoms with Crippen molar-refractivity contribution >= 4 is 11.6 Å². The molecule has 3 heteroatoms. The smallest absolute Gasteiger partial charge is 0.239 e. The lowest BCUT2D eigenvalue weighted by Gasteiger charge is -2.33. The molecule has 0 bridgehead atoms. The van der Waals surface area contributed by atoms with Gasteiger partial charge >= 0.3 is 0 Å². The van der Waals surface area contributed by atoms with Gasteiger partial charge in [0.25, 0.3) is 0 Å². The fraction of sp³-hybridized carbons (Fsp3) is 0.188. The molecule has 2 aliphatic rings. The SMILES string of the molecule is O=C1Nc2ccccc2C12CCOc1ccccc12. The van der Waals surface area contributed by atoms with Crippen LogP contribution in [-0.4, -0.2) is 12.5 Å². The van der Waals surface area contributed by atoms with Crippen molar-refractivity contribution in [1.82, 2.24) is 0 Å². The molecule has 2 aliphatic heterocycles. The summed E-state index contributed by atoms with van der Waals surface area (Å²) in [6.45, 7) is 0.568. The minimum absolute atomic E-state index is 0.0597. The van der Waals surface area contributed by atoms with Crippen molar-refractivity contribution in [3.05, 3.63) is 59.7 Å². The van der Waals surface area contributed by atoms with E-state index in [0.717, 1.165) is 22.6 Å². The average Bonchev–Trinajstić information content (AvgIpc) is 2.73. The van der Waals surface area contributed by atoms with Gasteiger partial charge in [-0.3, -0.25) is 4.79 Å². The molecule has 4 rings (SSSR count). The van der Waals surface area contributed by atoms with E-state index in [1.807, 2.05) is 48.5 Å². The van der Waals surface area contributed by atoms with Crippen LogP contribution in [0.3, 0.4) is 0 Å². The molecule has 2 heterocycles. The topological polar surface area (TPSA) is 38.3 Å². The quantitative estimate of drug-likeness (QED) is 0.781. The Bertz CT molecular complexity index is 680. The van der Waals surface area contributed by atoms with Gasteiger partial charge in [0.2, 0.25) is 5.91 Å². The molecule has 0 saturated heterocycles. The Morgan fingerprint density at radius 2 is 1.74 bits per heavy atom. The molecule has 2 aromatic carbocycles. The predicted octanol–water partition coefficient (Wildman–Crippen LogP) is 2.71. The Kier molecular flexibility index (Phi) is 2.01. The summed E-state index contributed by atoms with van der Waals surface area (Å²) in [4.78, 5) is 12.6. The molecule has 94 valence electrons. The molecule has 1 spiro atoms. The molecule has 1 amide bonds. The monoisotopic (exact) mass is 251 g/mol. The fourth-order valence-corrected chi connectivity index (χ4v) is 3.23. The highest BCUT2D eigenvalue weighted by molar-refractivity contribution is 6.09. The third-order valence-electron chi connectivity index (χ3n) is 4.10. The largest absolute Gasteiger partial charge is 0.493 e. The number of benzene rings is 2. The molecule has 3 nitrogen and oxygen atoms in total. The summed E-state index contributed by atoms with van der Waals surface area (Å²) in [7, 11) is 0. The minimum atomic E-state index is -0.578. The first-order chi connectivity index (χ1) is 9.32. The van der Waals surface area contributed by atoms with Crippen molar-refractivity contribution in [3.8, 4) is 5.75 Å².